The topological polar surface area (TPSA) is 38.3 Å². The average Bonchev–Trinajstić information content (AvgIpc) is 2.42. The van der Waals surface area contributed by atoms with Crippen molar-refractivity contribution in [1.82, 2.24) is 5.32 Å². The first-order valence-corrected chi connectivity index (χ1v) is 4.60. The molecule has 3 heteroatoms. The van der Waals surface area contributed by atoms with Gasteiger partial charge in [0.1, 0.15) is 5.54 Å². The zero-order chi connectivity index (χ0) is 8.60. The predicted octanol–water partition coefficient (Wildman–Crippen LogP) is 0.692. The molecule has 2 bridgehead atoms. The van der Waals surface area contributed by atoms with E-state index < -0.39 is 0 Å². The van der Waals surface area contributed by atoms with Gasteiger partial charge in [-0.2, -0.15) is 0 Å². The fourth-order valence-electron chi connectivity index (χ4n) is 2.52. The zero-order valence-corrected chi connectivity index (χ0v) is 7.43. The molecule has 0 aromatic heterocycles. The third kappa shape index (κ3) is 1.04. The lowest BCUT2D eigenvalue weighted by atomic mass is 9.80. The molecule has 0 aromatic carbocycles. The Kier molecular flexibility index (Phi) is 1.83. The van der Waals surface area contributed by atoms with Gasteiger partial charge >= 0.3 is 5.97 Å². The minimum Gasteiger partial charge on any atom is -0.468 e. The number of methoxy groups -OCH3 is 1. The Bertz CT molecular complexity index is 201. The molecular weight excluding hydrogens is 154 g/mol. The largest absolute Gasteiger partial charge is 0.468 e. The molecule has 68 valence electrons. The Morgan fingerprint density at radius 2 is 2.50 bits per heavy atom. The third-order valence-electron chi connectivity index (χ3n) is 3.16. The lowest BCUT2D eigenvalue weighted by Crippen LogP contribution is -2.48. The summed E-state index contributed by atoms with van der Waals surface area (Å²) in [5, 5.41) is 3.31. The van der Waals surface area contributed by atoms with E-state index in [9.17, 15) is 4.79 Å². The van der Waals surface area contributed by atoms with Crippen molar-refractivity contribution in [2.24, 2.45) is 5.92 Å². The lowest BCUT2D eigenvalue weighted by Gasteiger charge is -2.29. The van der Waals surface area contributed by atoms with Gasteiger partial charge < -0.3 is 10.1 Å². The first-order chi connectivity index (χ1) is 5.77. The van der Waals surface area contributed by atoms with Crippen molar-refractivity contribution in [3.05, 3.63) is 0 Å². The molecule has 2 unspecified atom stereocenters. The molecule has 0 radical (unpaired) electrons. The number of ether oxygens (including phenoxy) is 1. The number of fused-ring (bicyclic) bond motifs is 2. The van der Waals surface area contributed by atoms with E-state index in [1.54, 1.807) is 0 Å². The van der Waals surface area contributed by atoms with Crippen LogP contribution in [0.2, 0.25) is 0 Å². The van der Waals surface area contributed by atoms with Gasteiger partial charge in [-0.05, 0) is 31.7 Å². The number of nitrogens with one attached hydrogen (secondary N) is 1. The maximum Gasteiger partial charge on any atom is 0.326 e. The van der Waals surface area contributed by atoms with Crippen molar-refractivity contribution in [1.29, 1.82) is 0 Å². The van der Waals surface area contributed by atoms with E-state index in [2.05, 4.69) is 5.32 Å². The highest BCUT2D eigenvalue weighted by molar-refractivity contribution is 5.81. The minimum absolute atomic E-state index is 0.0651. The number of esters is 1. The van der Waals surface area contributed by atoms with E-state index in [1.165, 1.54) is 13.5 Å². The molecule has 1 saturated carbocycles. The number of hydrogen-bond donors (Lipinski definition) is 1. The molecule has 2 atom stereocenters. The minimum atomic E-state index is -0.308. The summed E-state index contributed by atoms with van der Waals surface area (Å²) in [6.45, 7) is 0.995. The third-order valence-corrected chi connectivity index (χ3v) is 3.16. The van der Waals surface area contributed by atoms with Crippen LogP contribution in [0.15, 0.2) is 0 Å². The highest BCUT2D eigenvalue weighted by Crippen LogP contribution is 2.37. The number of carbonyl (C=O) groups excluding carboxylic acids is 1. The molecule has 2 fully saturated rings. The quantitative estimate of drug-likeness (QED) is 0.587. The predicted molar refractivity (Wildman–Crippen MR) is 44.7 cm³/mol. The van der Waals surface area contributed by atoms with Crippen LogP contribution in [-0.2, 0) is 9.53 Å². The van der Waals surface area contributed by atoms with Crippen LogP contribution >= 0.6 is 0 Å². The molecule has 0 spiro atoms. The van der Waals surface area contributed by atoms with E-state index in [4.69, 9.17) is 4.74 Å². The molecule has 2 rings (SSSR count). The Balaban J connectivity index is 2.15. The number of rotatable bonds is 1. The van der Waals surface area contributed by atoms with Gasteiger partial charge in [-0.3, -0.25) is 4.79 Å². The Labute approximate surface area is 72.5 Å². The van der Waals surface area contributed by atoms with Gasteiger partial charge in [-0.15, -0.1) is 0 Å². The normalized spacial score (nSPS) is 39.6. The van der Waals surface area contributed by atoms with Crippen LogP contribution in [0.3, 0.4) is 0 Å². The Morgan fingerprint density at radius 1 is 1.67 bits per heavy atom. The number of hydrogen-bond acceptors (Lipinski definition) is 3. The van der Waals surface area contributed by atoms with Crippen LogP contribution in [0.25, 0.3) is 0 Å². The maximum absolute atomic E-state index is 11.5. The summed E-state index contributed by atoms with van der Waals surface area (Å²) in [5.41, 5.74) is -0.308. The van der Waals surface area contributed by atoms with Crippen LogP contribution in [0.5, 0.6) is 0 Å². The lowest BCUT2D eigenvalue weighted by molar-refractivity contribution is -0.148. The highest BCUT2D eigenvalue weighted by atomic mass is 16.5. The molecule has 0 aromatic rings. The average molecular weight is 169 g/mol. The van der Waals surface area contributed by atoms with Crippen LogP contribution in [0.1, 0.15) is 25.7 Å². The number of carbonyl (C=O) groups is 1. The molecule has 1 heterocycles. The van der Waals surface area contributed by atoms with E-state index in [1.807, 2.05) is 0 Å². The van der Waals surface area contributed by atoms with Crippen LogP contribution in [0, 0.1) is 5.92 Å². The smallest absolute Gasteiger partial charge is 0.326 e. The Hall–Kier alpha value is -0.570. The van der Waals surface area contributed by atoms with Crippen molar-refractivity contribution >= 4 is 5.97 Å². The zero-order valence-electron chi connectivity index (χ0n) is 7.43. The summed E-state index contributed by atoms with van der Waals surface area (Å²) >= 11 is 0. The summed E-state index contributed by atoms with van der Waals surface area (Å²) < 4.78 is 4.81. The summed E-state index contributed by atoms with van der Waals surface area (Å²) in [5.74, 6) is 0.641. The molecule has 1 N–H and O–H groups in total. The summed E-state index contributed by atoms with van der Waals surface area (Å²) in [7, 11) is 1.47. The van der Waals surface area contributed by atoms with Gasteiger partial charge in [0.25, 0.3) is 0 Å². The van der Waals surface area contributed by atoms with Gasteiger partial charge in [-0.1, -0.05) is 6.42 Å². The van der Waals surface area contributed by atoms with Crippen LogP contribution in [-0.4, -0.2) is 25.2 Å². The first-order valence-electron chi connectivity index (χ1n) is 4.60. The summed E-state index contributed by atoms with van der Waals surface area (Å²) in [6.07, 6.45) is 4.37. The molecule has 1 aliphatic heterocycles. The van der Waals surface area contributed by atoms with Gasteiger partial charge in [-0.25, -0.2) is 0 Å². The van der Waals surface area contributed by atoms with E-state index >= 15 is 0 Å². The monoisotopic (exact) mass is 169 g/mol. The molecule has 2 aliphatic rings. The van der Waals surface area contributed by atoms with E-state index in [0.29, 0.717) is 5.92 Å². The second-order valence-corrected chi connectivity index (χ2v) is 3.92. The second-order valence-electron chi connectivity index (χ2n) is 3.92. The molecule has 1 aliphatic carbocycles. The van der Waals surface area contributed by atoms with Crippen molar-refractivity contribution in [2.45, 2.75) is 31.2 Å². The highest BCUT2D eigenvalue weighted by Gasteiger charge is 2.47. The molecule has 1 saturated heterocycles. The second kappa shape index (κ2) is 2.73. The fourth-order valence-corrected chi connectivity index (χ4v) is 2.52. The standard InChI is InChI=1S/C9H15NO2/c1-12-8(11)9-4-2-3-7(5-9)6-10-9/h7,10H,2-6H2,1H3. The van der Waals surface area contributed by atoms with Crippen molar-refractivity contribution in [3.63, 3.8) is 0 Å². The van der Waals surface area contributed by atoms with E-state index in [-0.39, 0.29) is 11.5 Å². The van der Waals surface area contributed by atoms with Crippen molar-refractivity contribution < 1.29 is 9.53 Å². The van der Waals surface area contributed by atoms with Gasteiger partial charge in [0.2, 0.25) is 0 Å². The maximum atomic E-state index is 11.5. The van der Waals surface area contributed by atoms with Gasteiger partial charge in [0.15, 0.2) is 0 Å². The molecule has 12 heavy (non-hydrogen) atoms. The van der Waals surface area contributed by atoms with Crippen LogP contribution in [0.4, 0.5) is 0 Å². The van der Waals surface area contributed by atoms with Gasteiger partial charge in [0.05, 0.1) is 7.11 Å². The molecule has 0 amide bonds. The SMILES string of the molecule is COC(=O)C12CCCC(CN1)C2. The van der Waals surface area contributed by atoms with Crippen molar-refractivity contribution in [2.75, 3.05) is 13.7 Å². The molecule has 3 nitrogen and oxygen atoms in total. The van der Waals surface area contributed by atoms with Crippen LogP contribution < -0.4 is 5.32 Å². The Morgan fingerprint density at radius 3 is 3.25 bits per heavy atom. The summed E-state index contributed by atoms with van der Waals surface area (Å²) in [4.78, 5) is 11.5. The first kappa shape index (κ1) is 8.05. The fraction of sp³-hybridized carbons (Fsp3) is 0.889. The summed E-state index contributed by atoms with van der Waals surface area (Å²) in [6, 6.07) is 0. The van der Waals surface area contributed by atoms with Crippen molar-refractivity contribution in [3.8, 4) is 0 Å². The molecular formula is C9H15NO2. The van der Waals surface area contributed by atoms with Gasteiger partial charge in [0, 0.05) is 0 Å². The van der Waals surface area contributed by atoms with E-state index in [0.717, 1.165) is 25.8 Å².